The number of hydrogen-bond donors (Lipinski definition) is 3. The van der Waals surface area contributed by atoms with Gasteiger partial charge in [-0.1, -0.05) is 6.92 Å². The summed E-state index contributed by atoms with van der Waals surface area (Å²) in [5.74, 6) is -2.83. The van der Waals surface area contributed by atoms with Gasteiger partial charge in [-0.15, -0.1) is 0 Å². The van der Waals surface area contributed by atoms with Gasteiger partial charge in [-0.3, -0.25) is 0 Å². The first kappa shape index (κ1) is 29.0. The summed E-state index contributed by atoms with van der Waals surface area (Å²) in [6.07, 6.45) is 0.256. The molecule has 1 aromatic heterocycles. The van der Waals surface area contributed by atoms with Crippen molar-refractivity contribution in [1.82, 2.24) is 0 Å². The summed E-state index contributed by atoms with van der Waals surface area (Å²) < 4.78 is 28.9. The smallest absolute Gasteiger partial charge is 0.374 e. The largest absolute Gasteiger partial charge is 0.464 e. The Hall–Kier alpha value is -3.00. The van der Waals surface area contributed by atoms with Gasteiger partial charge in [0.25, 0.3) is 0 Å². The predicted molar refractivity (Wildman–Crippen MR) is 111 cm³/mol. The highest BCUT2D eigenvalue weighted by atomic mass is 16.6. The first-order chi connectivity index (χ1) is 16.4. The van der Waals surface area contributed by atoms with Crippen LogP contribution >= 0.6 is 0 Å². The van der Waals surface area contributed by atoms with Gasteiger partial charge in [-0.25, -0.2) is 19.2 Å². The van der Waals surface area contributed by atoms with Gasteiger partial charge < -0.3 is 43.4 Å². The lowest BCUT2D eigenvalue weighted by Crippen LogP contribution is -2.28. The maximum atomic E-state index is 11.4. The molecule has 1 aliphatic heterocycles. The molecule has 1 aliphatic rings. The SMILES string of the molecule is CCCOC(=O)C1CCC(C(=O)OCCO)O1.O=C(OCCO)c1ccc(C(=O)OCCO)o1. The van der Waals surface area contributed by atoms with Crippen molar-refractivity contribution in [2.24, 2.45) is 0 Å². The molecule has 192 valence electrons. The average molecular weight is 490 g/mol. The molecule has 1 saturated heterocycles. The molecule has 2 heterocycles. The van der Waals surface area contributed by atoms with Crippen LogP contribution in [0, 0.1) is 0 Å². The third-order valence-corrected chi connectivity index (χ3v) is 3.99. The molecular formula is C21H30O13. The summed E-state index contributed by atoms with van der Waals surface area (Å²) in [6.45, 7) is 1.10. The van der Waals surface area contributed by atoms with Crippen molar-refractivity contribution in [2.75, 3.05) is 46.2 Å². The van der Waals surface area contributed by atoms with Gasteiger partial charge in [-0.05, 0) is 31.4 Å². The summed E-state index contributed by atoms with van der Waals surface area (Å²) in [5.41, 5.74) is 0. The van der Waals surface area contributed by atoms with Gasteiger partial charge in [0.1, 0.15) is 19.8 Å². The molecule has 2 unspecified atom stereocenters. The zero-order valence-corrected chi connectivity index (χ0v) is 18.8. The Morgan fingerprint density at radius 2 is 1.18 bits per heavy atom. The molecule has 0 spiro atoms. The maximum Gasteiger partial charge on any atom is 0.374 e. The molecule has 0 aromatic carbocycles. The second-order valence-corrected chi connectivity index (χ2v) is 6.63. The highest BCUT2D eigenvalue weighted by molar-refractivity contribution is 5.90. The lowest BCUT2D eigenvalue weighted by Gasteiger charge is -2.12. The minimum absolute atomic E-state index is 0.0519. The topological polar surface area (TPSA) is 188 Å². The highest BCUT2D eigenvalue weighted by Crippen LogP contribution is 2.21. The van der Waals surface area contributed by atoms with E-state index >= 15 is 0 Å². The molecule has 34 heavy (non-hydrogen) atoms. The van der Waals surface area contributed by atoms with Crippen LogP contribution in [0.5, 0.6) is 0 Å². The number of rotatable bonds is 12. The summed E-state index contributed by atoms with van der Waals surface area (Å²) >= 11 is 0. The van der Waals surface area contributed by atoms with Crippen molar-refractivity contribution in [1.29, 1.82) is 0 Å². The summed E-state index contributed by atoms with van der Waals surface area (Å²) in [6, 6.07) is 2.52. The fraction of sp³-hybridized carbons (Fsp3) is 0.619. The minimum Gasteiger partial charge on any atom is -0.464 e. The van der Waals surface area contributed by atoms with Crippen LogP contribution in [0.25, 0.3) is 0 Å². The lowest BCUT2D eigenvalue weighted by atomic mass is 10.2. The highest BCUT2D eigenvalue weighted by Gasteiger charge is 2.36. The van der Waals surface area contributed by atoms with Gasteiger partial charge in [-0.2, -0.15) is 0 Å². The van der Waals surface area contributed by atoms with E-state index in [-0.39, 0.29) is 51.2 Å². The Morgan fingerprint density at radius 3 is 1.59 bits per heavy atom. The van der Waals surface area contributed by atoms with Crippen molar-refractivity contribution in [3.63, 3.8) is 0 Å². The molecule has 1 aromatic rings. The van der Waals surface area contributed by atoms with E-state index in [1.54, 1.807) is 0 Å². The predicted octanol–water partition coefficient (Wildman–Crippen LogP) is -0.399. The molecule has 0 saturated carbocycles. The van der Waals surface area contributed by atoms with E-state index in [9.17, 15) is 19.2 Å². The zero-order chi connectivity index (χ0) is 25.3. The van der Waals surface area contributed by atoms with Gasteiger partial charge in [0.2, 0.25) is 11.5 Å². The molecule has 0 radical (unpaired) electrons. The standard InChI is InChI=1S/C11H18O6.C10H12O7/c1-2-6-15-10(13)8-3-4-9(17-8)11(14)16-7-5-12;11-3-5-15-9(13)7-1-2-8(17-7)10(14)16-6-4-12/h8-9,12H,2-7H2,1H3;1-2,11-12H,3-6H2. The van der Waals surface area contributed by atoms with Crippen LogP contribution in [0.15, 0.2) is 16.5 Å². The van der Waals surface area contributed by atoms with E-state index in [1.807, 2.05) is 6.92 Å². The van der Waals surface area contributed by atoms with E-state index in [4.69, 9.17) is 33.9 Å². The molecule has 3 N–H and O–H groups in total. The van der Waals surface area contributed by atoms with Crippen molar-refractivity contribution in [3.05, 3.63) is 23.7 Å². The Labute approximate surface area is 195 Å². The third-order valence-electron chi connectivity index (χ3n) is 3.99. The third kappa shape index (κ3) is 10.3. The quantitative estimate of drug-likeness (QED) is 0.254. The Bertz CT molecular complexity index is 712. The van der Waals surface area contributed by atoms with Crippen molar-refractivity contribution < 1.29 is 62.6 Å². The van der Waals surface area contributed by atoms with E-state index in [1.165, 1.54) is 12.1 Å². The average Bonchev–Trinajstić information content (AvgIpc) is 3.54. The number of ether oxygens (including phenoxy) is 5. The zero-order valence-electron chi connectivity index (χ0n) is 18.8. The van der Waals surface area contributed by atoms with Crippen LogP contribution in [0.1, 0.15) is 47.3 Å². The van der Waals surface area contributed by atoms with Crippen LogP contribution in [-0.4, -0.2) is 97.7 Å². The van der Waals surface area contributed by atoms with Crippen molar-refractivity contribution in [2.45, 2.75) is 38.4 Å². The Morgan fingerprint density at radius 1 is 0.765 bits per heavy atom. The second-order valence-electron chi connectivity index (χ2n) is 6.63. The van der Waals surface area contributed by atoms with Gasteiger partial charge in [0.15, 0.2) is 12.2 Å². The number of furan rings is 1. The first-order valence-electron chi connectivity index (χ1n) is 10.6. The van der Waals surface area contributed by atoms with Crippen LogP contribution in [0.2, 0.25) is 0 Å². The van der Waals surface area contributed by atoms with E-state index in [0.717, 1.165) is 6.42 Å². The number of carbonyl (C=O) groups is 4. The number of hydrogen-bond acceptors (Lipinski definition) is 13. The van der Waals surface area contributed by atoms with Gasteiger partial charge in [0, 0.05) is 0 Å². The van der Waals surface area contributed by atoms with E-state index in [0.29, 0.717) is 19.4 Å². The monoisotopic (exact) mass is 490 g/mol. The second kappa shape index (κ2) is 16.6. The first-order valence-corrected chi connectivity index (χ1v) is 10.6. The van der Waals surface area contributed by atoms with Crippen LogP contribution < -0.4 is 0 Å². The molecular weight excluding hydrogens is 460 g/mol. The molecule has 1 fully saturated rings. The van der Waals surface area contributed by atoms with Crippen molar-refractivity contribution in [3.8, 4) is 0 Å². The maximum absolute atomic E-state index is 11.4. The van der Waals surface area contributed by atoms with Crippen LogP contribution in [0.3, 0.4) is 0 Å². The summed E-state index contributed by atoms with van der Waals surface area (Å²) in [4.78, 5) is 45.3. The molecule has 0 amide bonds. The molecule has 2 rings (SSSR count). The Kier molecular flexibility index (Phi) is 14.2. The fourth-order valence-corrected chi connectivity index (χ4v) is 2.49. The molecule has 0 bridgehead atoms. The van der Waals surface area contributed by atoms with E-state index < -0.39 is 36.1 Å². The lowest BCUT2D eigenvalue weighted by molar-refractivity contribution is -0.165. The number of esters is 4. The van der Waals surface area contributed by atoms with Gasteiger partial charge >= 0.3 is 23.9 Å². The fourth-order valence-electron chi connectivity index (χ4n) is 2.49. The Balaban J connectivity index is 0.000000340. The minimum atomic E-state index is -0.778. The van der Waals surface area contributed by atoms with Gasteiger partial charge in [0.05, 0.1) is 26.4 Å². The molecule has 0 aliphatic carbocycles. The molecule has 13 heteroatoms. The normalized spacial score (nSPS) is 16.7. The number of aliphatic hydroxyl groups is 3. The van der Waals surface area contributed by atoms with Crippen LogP contribution in [-0.2, 0) is 33.3 Å². The number of carbonyl (C=O) groups excluding carboxylic acids is 4. The van der Waals surface area contributed by atoms with E-state index in [2.05, 4.69) is 9.47 Å². The molecule has 2 atom stereocenters. The van der Waals surface area contributed by atoms with Crippen molar-refractivity contribution >= 4 is 23.9 Å². The summed E-state index contributed by atoms with van der Waals surface area (Å²) in [7, 11) is 0. The molecule has 13 nitrogen and oxygen atoms in total. The van der Waals surface area contributed by atoms with Crippen LogP contribution in [0.4, 0.5) is 0 Å². The number of aliphatic hydroxyl groups excluding tert-OH is 3. The summed E-state index contributed by atoms with van der Waals surface area (Å²) in [5, 5.41) is 25.4.